The highest BCUT2D eigenvalue weighted by molar-refractivity contribution is 8.00. The molecule has 0 radical (unpaired) electrons. The van der Waals surface area contributed by atoms with Crippen molar-refractivity contribution in [2.75, 3.05) is 16.4 Å². The maximum Gasteiger partial charge on any atom is 0.234 e. The number of thioether (sulfide) groups is 1. The molecule has 2 N–H and O–H groups in total. The predicted molar refractivity (Wildman–Crippen MR) is 104 cm³/mol. The number of hydrogen-bond acceptors (Lipinski definition) is 3. The average molecular weight is 350 g/mol. The molecule has 0 fully saturated rings. The molecule has 0 atom stereocenters. The second kappa shape index (κ2) is 7.85. The van der Waals surface area contributed by atoms with Gasteiger partial charge in [0.05, 0.1) is 5.75 Å². The summed E-state index contributed by atoms with van der Waals surface area (Å²) in [5.74, 6) is 0.0939. The molecule has 0 saturated carbocycles. The van der Waals surface area contributed by atoms with Gasteiger partial charge in [0.2, 0.25) is 11.8 Å². The van der Waals surface area contributed by atoms with Gasteiger partial charge in [-0.25, -0.2) is 0 Å². The van der Waals surface area contributed by atoms with Crippen LogP contribution in [0.4, 0.5) is 11.4 Å². The van der Waals surface area contributed by atoms with Crippen LogP contribution in [0.2, 0.25) is 0 Å². The summed E-state index contributed by atoms with van der Waals surface area (Å²) in [4.78, 5) is 24.3. The lowest BCUT2D eigenvalue weighted by Crippen LogP contribution is -2.14. The van der Waals surface area contributed by atoms with Crippen molar-refractivity contribution in [2.45, 2.75) is 11.8 Å². The zero-order valence-electron chi connectivity index (χ0n) is 13.8. The average Bonchev–Trinajstić information content (AvgIpc) is 2.59. The van der Waals surface area contributed by atoms with E-state index in [1.807, 2.05) is 18.2 Å². The Hall–Kier alpha value is -2.79. The van der Waals surface area contributed by atoms with E-state index in [9.17, 15) is 9.59 Å². The van der Waals surface area contributed by atoms with E-state index in [1.54, 1.807) is 24.3 Å². The highest BCUT2D eigenvalue weighted by Crippen LogP contribution is 2.24. The lowest BCUT2D eigenvalue weighted by atomic mass is 10.1. The van der Waals surface area contributed by atoms with Gasteiger partial charge in [-0.2, -0.15) is 0 Å². The minimum absolute atomic E-state index is 0.0851. The van der Waals surface area contributed by atoms with Crippen molar-refractivity contribution in [1.82, 2.24) is 0 Å². The SMILES string of the molecule is CC(=O)Nc1cccc(NC(=O)CSc2ccc3ccccc3c2)c1. The number of carbonyl (C=O) groups excluding carboxylic acids is 2. The summed E-state index contributed by atoms with van der Waals surface area (Å²) >= 11 is 1.50. The van der Waals surface area contributed by atoms with Crippen LogP contribution >= 0.6 is 11.8 Å². The molecule has 0 aromatic heterocycles. The Morgan fingerprint density at radius 3 is 2.32 bits per heavy atom. The normalized spacial score (nSPS) is 10.4. The second-order valence-electron chi connectivity index (χ2n) is 5.61. The van der Waals surface area contributed by atoms with Gasteiger partial charge < -0.3 is 10.6 Å². The van der Waals surface area contributed by atoms with Gasteiger partial charge in [0, 0.05) is 23.2 Å². The summed E-state index contributed by atoms with van der Waals surface area (Å²) in [6, 6.07) is 21.4. The Morgan fingerprint density at radius 1 is 0.840 bits per heavy atom. The number of benzene rings is 3. The van der Waals surface area contributed by atoms with Crippen molar-refractivity contribution < 1.29 is 9.59 Å². The van der Waals surface area contributed by atoms with Crippen molar-refractivity contribution in [3.8, 4) is 0 Å². The van der Waals surface area contributed by atoms with Gasteiger partial charge in [0.25, 0.3) is 0 Å². The quantitative estimate of drug-likeness (QED) is 0.665. The fourth-order valence-electron chi connectivity index (χ4n) is 2.48. The van der Waals surface area contributed by atoms with E-state index < -0.39 is 0 Å². The van der Waals surface area contributed by atoms with E-state index in [0.717, 1.165) is 10.3 Å². The first-order valence-electron chi connectivity index (χ1n) is 7.89. The second-order valence-corrected chi connectivity index (χ2v) is 6.66. The Labute approximate surface area is 150 Å². The molecule has 0 unspecified atom stereocenters. The number of carbonyl (C=O) groups is 2. The third kappa shape index (κ3) is 4.84. The smallest absolute Gasteiger partial charge is 0.234 e. The minimum Gasteiger partial charge on any atom is -0.326 e. The summed E-state index contributed by atoms with van der Waals surface area (Å²) in [5.41, 5.74) is 1.32. The molecule has 25 heavy (non-hydrogen) atoms. The molecule has 0 saturated heterocycles. The summed E-state index contributed by atoms with van der Waals surface area (Å²) in [6.45, 7) is 1.45. The van der Waals surface area contributed by atoms with Crippen LogP contribution < -0.4 is 10.6 Å². The van der Waals surface area contributed by atoms with E-state index in [1.165, 1.54) is 24.1 Å². The molecule has 3 rings (SSSR count). The molecule has 2 amide bonds. The Bertz CT molecular complexity index is 924. The van der Waals surface area contributed by atoms with Crippen LogP contribution in [0, 0.1) is 0 Å². The molecule has 0 bridgehead atoms. The first-order valence-corrected chi connectivity index (χ1v) is 8.88. The number of nitrogens with one attached hydrogen (secondary N) is 2. The summed E-state index contributed by atoms with van der Waals surface area (Å²) < 4.78 is 0. The number of hydrogen-bond donors (Lipinski definition) is 2. The van der Waals surface area contributed by atoms with Crippen LogP contribution in [0.3, 0.4) is 0 Å². The van der Waals surface area contributed by atoms with Crippen LogP contribution in [-0.2, 0) is 9.59 Å². The third-order valence-electron chi connectivity index (χ3n) is 3.56. The van der Waals surface area contributed by atoms with E-state index in [-0.39, 0.29) is 11.8 Å². The lowest BCUT2D eigenvalue weighted by molar-refractivity contribution is -0.114. The number of fused-ring (bicyclic) bond motifs is 1. The third-order valence-corrected chi connectivity index (χ3v) is 4.55. The van der Waals surface area contributed by atoms with Crippen LogP contribution in [0.25, 0.3) is 10.8 Å². The van der Waals surface area contributed by atoms with Gasteiger partial charge in [-0.1, -0.05) is 36.4 Å². The molecule has 0 aliphatic carbocycles. The molecule has 0 spiro atoms. The molecule has 0 aliphatic rings. The van der Waals surface area contributed by atoms with Crippen molar-refractivity contribution in [2.24, 2.45) is 0 Å². The molecule has 0 aliphatic heterocycles. The topological polar surface area (TPSA) is 58.2 Å². The molecule has 3 aromatic rings. The summed E-state index contributed by atoms with van der Waals surface area (Å²) in [6.07, 6.45) is 0. The standard InChI is InChI=1S/C20H18N2O2S/c1-14(23)21-17-7-4-8-18(12-17)22-20(24)13-25-19-10-9-15-5-2-3-6-16(15)11-19/h2-12H,13H2,1H3,(H,21,23)(H,22,24). The molecule has 126 valence electrons. The largest absolute Gasteiger partial charge is 0.326 e. The monoisotopic (exact) mass is 350 g/mol. The van der Waals surface area contributed by atoms with Crippen molar-refractivity contribution in [1.29, 1.82) is 0 Å². The van der Waals surface area contributed by atoms with E-state index in [4.69, 9.17) is 0 Å². The Balaban J connectivity index is 1.59. The van der Waals surface area contributed by atoms with E-state index >= 15 is 0 Å². The van der Waals surface area contributed by atoms with Gasteiger partial charge in [-0.05, 0) is 41.1 Å². The molecular formula is C20H18N2O2S. The molecule has 3 aromatic carbocycles. The van der Waals surface area contributed by atoms with Crippen molar-refractivity contribution >= 4 is 45.7 Å². The number of anilines is 2. The Kier molecular flexibility index (Phi) is 5.36. The van der Waals surface area contributed by atoms with Gasteiger partial charge >= 0.3 is 0 Å². The molecule has 5 heteroatoms. The van der Waals surface area contributed by atoms with Crippen LogP contribution in [0.1, 0.15) is 6.92 Å². The fraction of sp³-hybridized carbons (Fsp3) is 0.100. The molecular weight excluding hydrogens is 332 g/mol. The first kappa shape index (κ1) is 17.0. The minimum atomic E-state index is -0.143. The first-order chi connectivity index (χ1) is 12.1. The number of rotatable bonds is 5. The summed E-state index contributed by atoms with van der Waals surface area (Å²) in [7, 11) is 0. The van der Waals surface area contributed by atoms with Gasteiger partial charge in [0.15, 0.2) is 0 Å². The van der Waals surface area contributed by atoms with Gasteiger partial charge in [-0.3, -0.25) is 9.59 Å². The molecule has 4 nitrogen and oxygen atoms in total. The van der Waals surface area contributed by atoms with E-state index in [2.05, 4.69) is 34.9 Å². The zero-order chi connectivity index (χ0) is 17.6. The van der Waals surface area contributed by atoms with E-state index in [0.29, 0.717) is 17.1 Å². The number of amides is 2. The fourth-order valence-corrected chi connectivity index (χ4v) is 3.23. The van der Waals surface area contributed by atoms with Crippen LogP contribution in [0.5, 0.6) is 0 Å². The Morgan fingerprint density at radius 2 is 1.56 bits per heavy atom. The highest BCUT2D eigenvalue weighted by atomic mass is 32.2. The summed E-state index contributed by atoms with van der Waals surface area (Å²) in [5, 5.41) is 7.90. The van der Waals surface area contributed by atoms with Gasteiger partial charge in [-0.15, -0.1) is 11.8 Å². The highest BCUT2D eigenvalue weighted by Gasteiger charge is 2.05. The van der Waals surface area contributed by atoms with Crippen LogP contribution in [-0.4, -0.2) is 17.6 Å². The van der Waals surface area contributed by atoms with Crippen molar-refractivity contribution in [3.63, 3.8) is 0 Å². The lowest BCUT2D eigenvalue weighted by Gasteiger charge is -2.08. The maximum atomic E-state index is 12.2. The van der Waals surface area contributed by atoms with Crippen LogP contribution in [0.15, 0.2) is 71.6 Å². The zero-order valence-corrected chi connectivity index (χ0v) is 14.6. The van der Waals surface area contributed by atoms with Crippen molar-refractivity contribution in [3.05, 3.63) is 66.7 Å². The predicted octanol–water partition coefficient (Wildman–Crippen LogP) is 4.53. The molecule has 0 heterocycles. The maximum absolute atomic E-state index is 12.2. The van der Waals surface area contributed by atoms with Gasteiger partial charge in [0.1, 0.15) is 0 Å².